The molecular weight excluding hydrogens is 323 g/mol. The lowest BCUT2D eigenvalue weighted by molar-refractivity contribution is -0.134. The van der Waals surface area contributed by atoms with Gasteiger partial charge in [-0.3, -0.25) is 0 Å². The first-order valence-electron chi connectivity index (χ1n) is 5.20. The fraction of sp³-hybridized carbons (Fsp3) is 1.00. The van der Waals surface area contributed by atoms with E-state index >= 15 is 0 Å². The summed E-state index contributed by atoms with van der Waals surface area (Å²) < 4.78 is 61.0. The Morgan fingerprint density at radius 3 is 2.18 bits per heavy atom. The molecule has 0 aromatic heterocycles. The summed E-state index contributed by atoms with van der Waals surface area (Å²) >= 11 is 3.16. The highest BCUT2D eigenvalue weighted by molar-refractivity contribution is 9.09. The number of halogens is 4. The van der Waals surface area contributed by atoms with Crippen molar-refractivity contribution >= 4 is 26.0 Å². The third kappa shape index (κ3) is 8.84. The fourth-order valence-corrected chi connectivity index (χ4v) is 3.68. The Morgan fingerprint density at radius 2 is 1.82 bits per heavy atom. The van der Waals surface area contributed by atoms with Crippen LogP contribution < -0.4 is 4.72 Å². The SMILES string of the molecule is CC(C)C(CBr)NS(=O)(=O)CCCC(F)(F)F. The Morgan fingerprint density at radius 1 is 1.29 bits per heavy atom. The molecule has 0 aliphatic rings. The smallest absolute Gasteiger partial charge is 0.212 e. The normalized spacial score (nSPS) is 15.2. The summed E-state index contributed by atoms with van der Waals surface area (Å²) in [6, 6.07) is -0.300. The molecule has 0 aliphatic heterocycles. The summed E-state index contributed by atoms with van der Waals surface area (Å²) in [5.41, 5.74) is 0. The second kappa shape index (κ2) is 6.94. The molecule has 0 aromatic rings. The third-order valence-corrected chi connectivity index (χ3v) is 4.36. The summed E-state index contributed by atoms with van der Waals surface area (Å²) in [4.78, 5) is 0. The lowest BCUT2D eigenvalue weighted by Crippen LogP contribution is -2.41. The van der Waals surface area contributed by atoms with Crippen LogP contribution in [0.15, 0.2) is 0 Å². The molecule has 0 radical (unpaired) electrons. The maximum atomic E-state index is 11.9. The zero-order valence-electron chi connectivity index (χ0n) is 9.72. The van der Waals surface area contributed by atoms with Gasteiger partial charge < -0.3 is 0 Å². The van der Waals surface area contributed by atoms with Crippen LogP contribution in [0.2, 0.25) is 0 Å². The molecule has 0 amide bonds. The standard InChI is InChI=1S/C9H17BrF3NO2S/c1-7(2)8(6-10)14-17(15,16)5-3-4-9(11,12)13/h7-8,14H,3-6H2,1-2H3. The second-order valence-electron chi connectivity index (χ2n) is 4.16. The van der Waals surface area contributed by atoms with Crippen molar-refractivity contribution in [2.24, 2.45) is 5.92 Å². The summed E-state index contributed by atoms with van der Waals surface area (Å²) in [7, 11) is -3.64. The lowest BCUT2D eigenvalue weighted by atomic mass is 10.1. The molecule has 0 rings (SSSR count). The maximum Gasteiger partial charge on any atom is 0.389 e. The second-order valence-corrected chi connectivity index (χ2v) is 6.68. The molecule has 0 fully saturated rings. The Balaban J connectivity index is 4.21. The van der Waals surface area contributed by atoms with Gasteiger partial charge in [-0.15, -0.1) is 0 Å². The Labute approximate surface area is 108 Å². The van der Waals surface area contributed by atoms with E-state index in [9.17, 15) is 21.6 Å². The van der Waals surface area contributed by atoms with E-state index in [1.807, 2.05) is 13.8 Å². The number of nitrogens with one attached hydrogen (secondary N) is 1. The minimum absolute atomic E-state index is 0.0757. The highest BCUT2D eigenvalue weighted by Gasteiger charge is 2.28. The van der Waals surface area contributed by atoms with E-state index in [1.54, 1.807) is 0 Å². The van der Waals surface area contributed by atoms with Crippen molar-refractivity contribution < 1.29 is 21.6 Å². The zero-order valence-corrected chi connectivity index (χ0v) is 12.1. The molecule has 1 atom stereocenters. The maximum absolute atomic E-state index is 11.9. The van der Waals surface area contributed by atoms with Crippen molar-refractivity contribution in [1.82, 2.24) is 4.72 Å². The van der Waals surface area contributed by atoms with Crippen LogP contribution in [-0.4, -0.2) is 31.7 Å². The van der Waals surface area contributed by atoms with E-state index in [1.165, 1.54) is 0 Å². The van der Waals surface area contributed by atoms with Gasteiger partial charge in [0.25, 0.3) is 0 Å². The predicted octanol–water partition coefficient (Wildman–Crippen LogP) is 2.67. The molecule has 0 bridgehead atoms. The number of hydrogen-bond donors (Lipinski definition) is 1. The fourth-order valence-electron chi connectivity index (χ4n) is 1.10. The van der Waals surface area contributed by atoms with E-state index in [2.05, 4.69) is 20.7 Å². The Bertz CT molecular complexity index is 317. The van der Waals surface area contributed by atoms with E-state index in [0.29, 0.717) is 5.33 Å². The highest BCUT2D eigenvalue weighted by Crippen LogP contribution is 2.21. The zero-order chi connectivity index (χ0) is 13.7. The molecule has 0 saturated heterocycles. The molecule has 0 aliphatic carbocycles. The van der Waals surface area contributed by atoms with Crippen molar-refractivity contribution in [2.45, 2.75) is 38.9 Å². The number of alkyl halides is 4. The van der Waals surface area contributed by atoms with Gasteiger partial charge in [0, 0.05) is 17.8 Å². The van der Waals surface area contributed by atoms with Gasteiger partial charge in [0.05, 0.1) is 5.75 Å². The van der Waals surface area contributed by atoms with E-state index in [0.717, 1.165) is 0 Å². The van der Waals surface area contributed by atoms with Crippen LogP contribution in [0.25, 0.3) is 0 Å². The van der Waals surface area contributed by atoms with Crippen molar-refractivity contribution in [1.29, 1.82) is 0 Å². The number of hydrogen-bond acceptors (Lipinski definition) is 2. The van der Waals surface area contributed by atoms with Crippen LogP contribution in [-0.2, 0) is 10.0 Å². The summed E-state index contributed by atoms with van der Waals surface area (Å²) in [6.45, 7) is 3.67. The summed E-state index contributed by atoms with van der Waals surface area (Å²) in [5.74, 6) is -0.422. The first-order valence-corrected chi connectivity index (χ1v) is 7.97. The monoisotopic (exact) mass is 339 g/mol. The van der Waals surface area contributed by atoms with Gasteiger partial charge in [0.2, 0.25) is 10.0 Å². The lowest BCUT2D eigenvalue weighted by Gasteiger charge is -2.19. The highest BCUT2D eigenvalue weighted by atomic mass is 79.9. The van der Waals surface area contributed by atoms with Crippen LogP contribution in [0.3, 0.4) is 0 Å². The Hall–Kier alpha value is 0.180. The molecule has 17 heavy (non-hydrogen) atoms. The summed E-state index contributed by atoms with van der Waals surface area (Å²) in [5, 5.41) is 0.434. The van der Waals surface area contributed by atoms with Crippen molar-refractivity contribution in [2.75, 3.05) is 11.1 Å². The molecule has 0 spiro atoms. The van der Waals surface area contributed by atoms with Crippen LogP contribution in [0, 0.1) is 5.92 Å². The van der Waals surface area contributed by atoms with Crippen LogP contribution in [0.4, 0.5) is 13.2 Å². The average Bonchev–Trinajstić information content (AvgIpc) is 2.11. The first-order chi connectivity index (χ1) is 7.57. The van der Waals surface area contributed by atoms with Gasteiger partial charge >= 0.3 is 6.18 Å². The predicted molar refractivity (Wildman–Crippen MR) is 64.6 cm³/mol. The van der Waals surface area contributed by atoms with Gasteiger partial charge in [-0.05, 0) is 12.3 Å². The van der Waals surface area contributed by atoms with Crippen LogP contribution in [0.1, 0.15) is 26.7 Å². The van der Waals surface area contributed by atoms with Crippen molar-refractivity contribution in [3.05, 3.63) is 0 Å². The van der Waals surface area contributed by atoms with Gasteiger partial charge in [0.15, 0.2) is 0 Å². The third-order valence-electron chi connectivity index (χ3n) is 2.18. The molecule has 0 aromatic carbocycles. The van der Waals surface area contributed by atoms with Crippen molar-refractivity contribution in [3.63, 3.8) is 0 Å². The molecule has 1 unspecified atom stereocenters. The summed E-state index contributed by atoms with van der Waals surface area (Å²) in [6.07, 6.45) is -5.79. The van der Waals surface area contributed by atoms with Crippen molar-refractivity contribution in [3.8, 4) is 0 Å². The molecule has 8 heteroatoms. The van der Waals surface area contributed by atoms with Crippen LogP contribution in [0.5, 0.6) is 0 Å². The molecule has 0 heterocycles. The largest absolute Gasteiger partial charge is 0.389 e. The minimum atomic E-state index is -4.30. The average molecular weight is 340 g/mol. The number of rotatable bonds is 7. The quantitative estimate of drug-likeness (QED) is 0.725. The van der Waals surface area contributed by atoms with Gasteiger partial charge in [-0.1, -0.05) is 29.8 Å². The molecule has 3 nitrogen and oxygen atoms in total. The molecular formula is C9H17BrF3NO2S. The van der Waals surface area contributed by atoms with E-state index < -0.39 is 34.8 Å². The number of sulfonamides is 1. The Kier molecular flexibility index (Phi) is 7.01. The van der Waals surface area contributed by atoms with E-state index in [4.69, 9.17) is 0 Å². The minimum Gasteiger partial charge on any atom is -0.212 e. The molecule has 0 saturated carbocycles. The first kappa shape index (κ1) is 17.2. The molecule has 1 N–H and O–H groups in total. The van der Waals surface area contributed by atoms with Gasteiger partial charge in [-0.25, -0.2) is 13.1 Å². The van der Waals surface area contributed by atoms with Gasteiger partial charge in [0.1, 0.15) is 0 Å². The van der Waals surface area contributed by atoms with Crippen LogP contribution >= 0.6 is 15.9 Å². The van der Waals surface area contributed by atoms with E-state index in [-0.39, 0.29) is 12.0 Å². The van der Waals surface area contributed by atoms with Gasteiger partial charge in [-0.2, -0.15) is 13.2 Å². The molecule has 104 valence electrons. The topological polar surface area (TPSA) is 46.2 Å².